The second-order valence-corrected chi connectivity index (χ2v) is 8.77. The van der Waals surface area contributed by atoms with E-state index in [4.69, 9.17) is 16.6 Å². The van der Waals surface area contributed by atoms with E-state index in [1.807, 2.05) is 6.07 Å². The fraction of sp³-hybridized carbons (Fsp3) is 0.524. The summed E-state index contributed by atoms with van der Waals surface area (Å²) in [6.45, 7) is 5.59. The highest BCUT2D eigenvalue weighted by molar-refractivity contribution is 6.30. The lowest BCUT2D eigenvalue weighted by molar-refractivity contribution is 0.198. The number of halogens is 1. The monoisotopic (exact) mass is 368 g/mol. The zero-order valence-electron chi connectivity index (χ0n) is 15.5. The summed E-state index contributed by atoms with van der Waals surface area (Å²) in [6, 6.07) is 6.41. The Morgan fingerprint density at radius 1 is 1.19 bits per heavy atom. The predicted molar refractivity (Wildman–Crippen MR) is 106 cm³/mol. The van der Waals surface area contributed by atoms with Crippen LogP contribution in [0.4, 0.5) is 11.5 Å². The molecule has 1 aromatic heterocycles. The Morgan fingerprint density at radius 2 is 2.00 bits per heavy atom. The molecular formula is C21H25ClN4. The molecule has 5 heteroatoms. The van der Waals surface area contributed by atoms with Gasteiger partial charge in [-0.25, -0.2) is 9.97 Å². The average Bonchev–Trinajstić information content (AvgIpc) is 3.17. The first kappa shape index (κ1) is 16.5. The van der Waals surface area contributed by atoms with Crippen molar-refractivity contribution in [2.24, 2.45) is 0 Å². The summed E-state index contributed by atoms with van der Waals surface area (Å²) < 4.78 is 0. The topological polar surface area (TPSA) is 32.3 Å². The number of rotatable bonds is 1. The SMILES string of the molecule is C[C@@H]1CCc2ncnc(N3CC4(CCN(C)CC4)c4cc(Cl)ccc43)c21. The molecule has 1 fully saturated rings. The van der Waals surface area contributed by atoms with Crippen LogP contribution in [0, 0.1) is 0 Å². The highest BCUT2D eigenvalue weighted by Crippen LogP contribution is 2.51. The van der Waals surface area contributed by atoms with Crippen LogP contribution in [-0.2, 0) is 11.8 Å². The minimum Gasteiger partial charge on any atom is -0.325 e. The highest BCUT2D eigenvalue weighted by atomic mass is 35.5. The van der Waals surface area contributed by atoms with E-state index in [1.54, 1.807) is 6.33 Å². The fourth-order valence-corrected chi connectivity index (χ4v) is 5.31. The number of aryl methyl sites for hydroxylation is 1. The van der Waals surface area contributed by atoms with Crippen LogP contribution in [0.2, 0.25) is 5.02 Å². The van der Waals surface area contributed by atoms with Gasteiger partial charge >= 0.3 is 0 Å². The Hall–Kier alpha value is -1.65. The van der Waals surface area contributed by atoms with Crippen LogP contribution >= 0.6 is 11.6 Å². The number of nitrogens with zero attached hydrogens (tertiary/aromatic N) is 4. The van der Waals surface area contributed by atoms with E-state index in [0.717, 1.165) is 36.9 Å². The molecule has 5 rings (SSSR count). The van der Waals surface area contributed by atoms with E-state index in [-0.39, 0.29) is 5.41 Å². The van der Waals surface area contributed by atoms with Gasteiger partial charge in [0, 0.05) is 33.9 Å². The second-order valence-electron chi connectivity index (χ2n) is 8.33. The number of likely N-dealkylation sites (tertiary alicyclic amines) is 1. The fourth-order valence-electron chi connectivity index (χ4n) is 5.14. The van der Waals surface area contributed by atoms with E-state index in [2.05, 4.69) is 40.9 Å². The third-order valence-corrected chi connectivity index (χ3v) is 6.97. The first-order chi connectivity index (χ1) is 12.6. The van der Waals surface area contributed by atoms with Crippen molar-refractivity contribution < 1.29 is 0 Å². The van der Waals surface area contributed by atoms with Crippen LogP contribution in [-0.4, -0.2) is 41.5 Å². The molecule has 0 amide bonds. The van der Waals surface area contributed by atoms with Crippen LogP contribution in [0.1, 0.15) is 48.9 Å². The highest BCUT2D eigenvalue weighted by Gasteiger charge is 2.46. The smallest absolute Gasteiger partial charge is 0.140 e. The largest absolute Gasteiger partial charge is 0.325 e. The second kappa shape index (κ2) is 5.93. The Labute approximate surface area is 160 Å². The summed E-state index contributed by atoms with van der Waals surface area (Å²) in [6.07, 6.45) is 6.36. The Morgan fingerprint density at radius 3 is 2.81 bits per heavy atom. The Kier molecular flexibility index (Phi) is 3.77. The van der Waals surface area contributed by atoms with Crippen molar-refractivity contribution in [2.75, 3.05) is 31.6 Å². The maximum Gasteiger partial charge on any atom is 0.140 e. The summed E-state index contributed by atoms with van der Waals surface area (Å²) in [4.78, 5) is 14.2. The van der Waals surface area contributed by atoms with E-state index in [1.165, 1.54) is 41.8 Å². The maximum atomic E-state index is 6.41. The van der Waals surface area contributed by atoms with Gasteiger partial charge in [0.05, 0.1) is 0 Å². The maximum absolute atomic E-state index is 6.41. The number of benzene rings is 1. The number of hydrogen-bond donors (Lipinski definition) is 0. The molecule has 0 radical (unpaired) electrons. The Balaban J connectivity index is 1.64. The van der Waals surface area contributed by atoms with Gasteiger partial charge in [-0.05, 0) is 75.5 Å². The summed E-state index contributed by atoms with van der Waals surface area (Å²) in [5.41, 5.74) is 5.49. The van der Waals surface area contributed by atoms with Gasteiger partial charge in [-0.2, -0.15) is 0 Å². The quantitative estimate of drug-likeness (QED) is 0.751. The van der Waals surface area contributed by atoms with Gasteiger partial charge in [0.25, 0.3) is 0 Å². The lowest BCUT2D eigenvalue weighted by Gasteiger charge is -2.38. The zero-order valence-corrected chi connectivity index (χ0v) is 16.3. The zero-order chi connectivity index (χ0) is 17.9. The van der Waals surface area contributed by atoms with Gasteiger partial charge in [0.1, 0.15) is 12.1 Å². The molecule has 1 spiro atoms. The molecule has 1 atom stereocenters. The molecular weight excluding hydrogens is 344 g/mol. The van der Waals surface area contributed by atoms with Gasteiger partial charge in [-0.15, -0.1) is 0 Å². The van der Waals surface area contributed by atoms with E-state index < -0.39 is 0 Å². The molecule has 26 heavy (non-hydrogen) atoms. The average molecular weight is 369 g/mol. The number of anilines is 2. The molecule has 2 aliphatic heterocycles. The first-order valence-corrected chi connectivity index (χ1v) is 10.1. The van der Waals surface area contributed by atoms with Gasteiger partial charge in [-0.3, -0.25) is 0 Å². The summed E-state index contributed by atoms with van der Waals surface area (Å²) in [5, 5.41) is 0.838. The van der Waals surface area contributed by atoms with Crippen LogP contribution in [0.15, 0.2) is 24.5 Å². The molecule has 1 aliphatic carbocycles. The third kappa shape index (κ3) is 2.39. The van der Waals surface area contributed by atoms with Crippen molar-refractivity contribution in [1.82, 2.24) is 14.9 Å². The van der Waals surface area contributed by atoms with Crippen molar-refractivity contribution in [3.63, 3.8) is 0 Å². The van der Waals surface area contributed by atoms with Crippen molar-refractivity contribution in [3.8, 4) is 0 Å². The predicted octanol–water partition coefficient (Wildman–Crippen LogP) is 4.29. The van der Waals surface area contributed by atoms with Crippen LogP contribution in [0.3, 0.4) is 0 Å². The van der Waals surface area contributed by atoms with Crippen LogP contribution in [0.5, 0.6) is 0 Å². The van der Waals surface area contributed by atoms with Crippen molar-refractivity contribution >= 4 is 23.1 Å². The van der Waals surface area contributed by atoms with E-state index in [9.17, 15) is 0 Å². The third-order valence-electron chi connectivity index (χ3n) is 6.73. The molecule has 3 heterocycles. The summed E-state index contributed by atoms with van der Waals surface area (Å²) >= 11 is 6.41. The van der Waals surface area contributed by atoms with Crippen LogP contribution in [0.25, 0.3) is 0 Å². The standard InChI is InChI=1S/C21H25ClN4/c1-14-3-5-17-19(14)20(24-13-23-17)26-12-21(7-9-25(2)10-8-21)16-11-15(22)4-6-18(16)26/h4,6,11,13-14H,3,5,7-10,12H2,1-2H3/t14-/m1/s1. The molecule has 2 aromatic rings. The molecule has 0 N–H and O–H groups in total. The van der Waals surface area contributed by atoms with Crippen molar-refractivity contribution in [2.45, 2.75) is 43.9 Å². The number of aromatic nitrogens is 2. The number of fused-ring (bicyclic) bond motifs is 3. The Bertz CT molecular complexity index is 857. The van der Waals surface area contributed by atoms with Gasteiger partial charge < -0.3 is 9.80 Å². The van der Waals surface area contributed by atoms with E-state index >= 15 is 0 Å². The molecule has 0 bridgehead atoms. The van der Waals surface area contributed by atoms with Gasteiger partial charge in [-0.1, -0.05) is 18.5 Å². The van der Waals surface area contributed by atoms with Gasteiger partial charge in [0.2, 0.25) is 0 Å². The molecule has 3 aliphatic rings. The number of hydrogen-bond acceptors (Lipinski definition) is 4. The lowest BCUT2D eigenvalue weighted by atomic mass is 9.74. The molecule has 136 valence electrons. The molecule has 0 saturated carbocycles. The van der Waals surface area contributed by atoms with Crippen molar-refractivity contribution in [3.05, 3.63) is 46.4 Å². The minimum absolute atomic E-state index is 0.187. The normalized spacial score (nSPS) is 24.1. The summed E-state index contributed by atoms with van der Waals surface area (Å²) in [5.74, 6) is 1.66. The first-order valence-electron chi connectivity index (χ1n) is 9.67. The number of piperidine rings is 1. The molecule has 4 nitrogen and oxygen atoms in total. The molecule has 1 saturated heterocycles. The van der Waals surface area contributed by atoms with Gasteiger partial charge in [0.15, 0.2) is 0 Å². The molecule has 0 unspecified atom stereocenters. The van der Waals surface area contributed by atoms with Crippen molar-refractivity contribution in [1.29, 1.82) is 0 Å². The molecule has 1 aromatic carbocycles. The van der Waals surface area contributed by atoms with E-state index in [0.29, 0.717) is 5.92 Å². The van der Waals surface area contributed by atoms with Crippen LogP contribution < -0.4 is 4.90 Å². The summed E-state index contributed by atoms with van der Waals surface area (Å²) in [7, 11) is 2.22. The lowest BCUT2D eigenvalue weighted by Crippen LogP contribution is -2.43. The minimum atomic E-state index is 0.187.